The summed E-state index contributed by atoms with van der Waals surface area (Å²) in [6.45, 7) is 4.34. The number of hydrogen-bond acceptors (Lipinski definition) is 4. The maximum Gasteiger partial charge on any atom is 0.412 e. The molecule has 2 fully saturated rings. The first-order chi connectivity index (χ1) is 10.2. The second-order valence-corrected chi connectivity index (χ2v) is 5.42. The van der Waals surface area contributed by atoms with E-state index in [0.29, 0.717) is 6.54 Å². The molecule has 1 saturated heterocycles. The van der Waals surface area contributed by atoms with Gasteiger partial charge in [0.2, 0.25) is 0 Å². The van der Waals surface area contributed by atoms with Crippen LogP contribution < -0.4 is 4.74 Å². The maximum atomic E-state index is 12.2. The molecule has 1 spiro atoms. The molecule has 0 aromatic heterocycles. The summed E-state index contributed by atoms with van der Waals surface area (Å²) >= 11 is 0. The van der Waals surface area contributed by atoms with E-state index in [1.165, 1.54) is 0 Å². The molecule has 21 heavy (non-hydrogen) atoms. The van der Waals surface area contributed by atoms with Crippen molar-refractivity contribution in [3.63, 3.8) is 0 Å². The smallest absolute Gasteiger partial charge is 0.412 e. The van der Waals surface area contributed by atoms with Crippen molar-refractivity contribution in [2.24, 2.45) is 0 Å². The number of hydrogen-bond donors (Lipinski definition) is 0. The number of ether oxygens (including phenoxy) is 3. The zero-order chi connectivity index (χ0) is 14.9. The average molecular weight is 289 g/mol. The van der Waals surface area contributed by atoms with E-state index in [1.54, 1.807) is 18.1 Å². The highest BCUT2D eigenvalue weighted by atomic mass is 16.6. The van der Waals surface area contributed by atoms with Gasteiger partial charge in [0.05, 0.1) is 19.3 Å². The molecule has 1 saturated carbocycles. The van der Waals surface area contributed by atoms with Crippen LogP contribution in [0, 0.1) is 0 Å². The van der Waals surface area contributed by atoms with E-state index in [2.05, 4.69) is 6.58 Å². The summed E-state index contributed by atoms with van der Waals surface area (Å²) in [5.41, 5.74) is 0.757. The van der Waals surface area contributed by atoms with Gasteiger partial charge in [0.15, 0.2) is 6.23 Å². The van der Waals surface area contributed by atoms with Crippen molar-refractivity contribution in [2.75, 3.05) is 20.3 Å². The van der Waals surface area contributed by atoms with Crippen molar-refractivity contribution in [3.8, 4) is 5.75 Å². The van der Waals surface area contributed by atoms with Gasteiger partial charge >= 0.3 is 6.09 Å². The molecule has 112 valence electrons. The molecule has 5 nitrogen and oxygen atoms in total. The topological polar surface area (TPSA) is 48.0 Å². The second kappa shape index (κ2) is 5.41. The van der Waals surface area contributed by atoms with E-state index in [-0.39, 0.29) is 18.3 Å². The van der Waals surface area contributed by atoms with Crippen LogP contribution in [0.3, 0.4) is 0 Å². The fourth-order valence-corrected chi connectivity index (χ4v) is 2.54. The monoisotopic (exact) mass is 289 g/mol. The molecule has 1 amide bonds. The first-order valence-electron chi connectivity index (χ1n) is 7.03. The van der Waals surface area contributed by atoms with Crippen molar-refractivity contribution in [3.05, 3.63) is 42.5 Å². The van der Waals surface area contributed by atoms with E-state index in [1.807, 2.05) is 24.3 Å². The number of methoxy groups -OCH3 is 1. The van der Waals surface area contributed by atoms with Crippen LogP contribution in [0.2, 0.25) is 0 Å². The van der Waals surface area contributed by atoms with Crippen LogP contribution in [0.5, 0.6) is 5.75 Å². The molecular formula is C16H19NO4. The summed E-state index contributed by atoms with van der Waals surface area (Å²) in [4.78, 5) is 13.8. The molecule has 0 bridgehead atoms. The van der Waals surface area contributed by atoms with Gasteiger partial charge in [-0.15, -0.1) is 0 Å². The van der Waals surface area contributed by atoms with Gasteiger partial charge in [0.1, 0.15) is 12.4 Å². The van der Waals surface area contributed by atoms with Crippen molar-refractivity contribution < 1.29 is 19.0 Å². The lowest BCUT2D eigenvalue weighted by molar-refractivity contribution is -0.0112. The van der Waals surface area contributed by atoms with Crippen molar-refractivity contribution >= 4 is 6.09 Å². The van der Waals surface area contributed by atoms with E-state index in [0.717, 1.165) is 24.2 Å². The number of benzene rings is 1. The Morgan fingerprint density at radius 3 is 2.76 bits per heavy atom. The predicted molar refractivity (Wildman–Crippen MR) is 77.0 cm³/mol. The third-order valence-electron chi connectivity index (χ3n) is 3.87. The lowest BCUT2D eigenvalue weighted by atomic mass is 10.2. The van der Waals surface area contributed by atoms with Gasteiger partial charge in [-0.05, 0) is 25.0 Å². The Hall–Kier alpha value is -2.01. The van der Waals surface area contributed by atoms with Crippen LogP contribution in [0.1, 0.15) is 24.6 Å². The predicted octanol–water partition coefficient (Wildman–Crippen LogP) is 2.88. The summed E-state index contributed by atoms with van der Waals surface area (Å²) in [7, 11) is 1.62. The summed E-state index contributed by atoms with van der Waals surface area (Å²) in [6, 6.07) is 7.56. The zero-order valence-electron chi connectivity index (χ0n) is 12.1. The Labute approximate surface area is 124 Å². The lowest BCUT2D eigenvalue weighted by Gasteiger charge is -2.22. The van der Waals surface area contributed by atoms with Gasteiger partial charge in [-0.25, -0.2) is 4.79 Å². The molecular weight excluding hydrogens is 270 g/mol. The van der Waals surface area contributed by atoms with Crippen LogP contribution in [0.4, 0.5) is 4.79 Å². The fraction of sp³-hybridized carbons (Fsp3) is 0.438. The van der Waals surface area contributed by atoms with Crippen molar-refractivity contribution in [1.82, 2.24) is 4.90 Å². The number of nitrogens with zero attached hydrogens (tertiary/aromatic N) is 1. The van der Waals surface area contributed by atoms with E-state index in [4.69, 9.17) is 14.2 Å². The van der Waals surface area contributed by atoms with Gasteiger partial charge in [0.25, 0.3) is 0 Å². The van der Waals surface area contributed by atoms with Crippen LogP contribution in [0.15, 0.2) is 36.9 Å². The summed E-state index contributed by atoms with van der Waals surface area (Å²) in [5, 5.41) is 0. The van der Waals surface area contributed by atoms with Gasteiger partial charge < -0.3 is 14.2 Å². The second-order valence-electron chi connectivity index (χ2n) is 5.42. The normalized spacial score (nSPS) is 22.1. The first-order valence-corrected chi connectivity index (χ1v) is 7.03. The Morgan fingerprint density at radius 2 is 2.19 bits per heavy atom. The minimum Gasteiger partial charge on any atom is -0.497 e. The van der Waals surface area contributed by atoms with Gasteiger partial charge in [-0.2, -0.15) is 0 Å². The van der Waals surface area contributed by atoms with Gasteiger partial charge in [0, 0.05) is 5.56 Å². The van der Waals surface area contributed by atoms with E-state index < -0.39 is 6.23 Å². The molecule has 0 radical (unpaired) electrons. The lowest BCUT2D eigenvalue weighted by Crippen LogP contribution is -2.32. The molecule has 1 aromatic rings. The van der Waals surface area contributed by atoms with Crippen LogP contribution in [-0.2, 0) is 9.47 Å². The molecule has 1 aliphatic carbocycles. The molecule has 0 N–H and O–H groups in total. The minimum atomic E-state index is -0.393. The first kappa shape index (κ1) is 13.9. The Balaban J connectivity index is 1.79. The fourth-order valence-electron chi connectivity index (χ4n) is 2.54. The third-order valence-corrected chi connectivity index (χ3v) is 3.87. The quantitative estimate of drug-likeness (QED) is 0.800. The van der Waals surface area contributed by atoms with E-state index in [9.17, 15) is 4.79 Å². The molecule has 1 aliphatic heterocycles. The van der Waals surface area contributed by atoms with Crippen LogP contribution >= 0.6 is 0 Å². The Morgan fingerprint density at radius 1 is 1.48 bits per heavy atom. The molecule has 2 aliphatic rings. The molecule has 1 atom stereocenters. The number of amides is 1. The largest absolute Gasteiger partial charge is 0.497 e. The maximum absolute atomic E-state index is 12.2. The van der Waals surface area contributed by atoms with E-state index >= 15 is 0 Å². The SMILES string of the molecule is C=CCOC(=O)N1CC2(CC2)OC1c1ccc(OC)cc1. The standard InChI is InChI=1S/C16H19NO4/c1-3-10-20-15(18)17-11-16(8-9-16)21-14(17)12-4-6-13(19-2)7-5-12/h3-7,14H,1,8-11H2,2H3. The van der Waals surface area contributed by atoms with Crippen molar-refractivity contribution in [2.45, 2.75) is 24.7 Å². The van der Waals surface area contributed by atoms with Gasteiger partial charge in [-0.1, -0.05) is 24.8 Å². The van der Waals surface area contributed by atoms with Crippen LogP contribution in [-0.4, -0.2) is 36.9 Å². The number of rotatable bonds is 4. The Kier molecular flexibility index (Phi) is 3.59. The molecule has 3 rings (SSSR count). The molecule has 1 unspecified atom stereocenters. The van der Waals surface area contributed by atoms with Gasteiger partial charge in [-0.3, -0.25) is 4.90 Å². The van der Waals surface area contributed by atoms with Crippen LogP contribution in [0.25, 0.3) is 0 Å². The zero-order valence-corrected chi connectivity index (χ0v) is 12.1. The highest BCUT2D eigenvalue weighted by molar-refractivity contribution is 5.69. The van der Waals surface area contributed by atoms with Crippen molar-refractivity contribution in [1.29, 1.82) is 0 Å². The number of carbonyl (C=O) groups excluding carboxylic acids is 1. The number of carbonyl (C=O) groups is 1. The highest BCUT2D eigenvalue weighted by Crippen LogP contribution is 2.50. The molecule has 5 heteroatoms. The highest BCUT2D eigenvalue weighted by Gasteiger charge is 2.55. The summed E-state index contributed by atoms with van der Waals surface area (Å²) in [5.74, 6) is 0.777. The summed E-state index contributed by atoms with van der Waals surface area (Å²) < 4.78 is 16.4. The third kappa shape index (κ3) is 2.74. The molecule has 1 aromatic carbocycles. The minimum absolute atomic E-state index is 0.169. The Bertz CT molecular complexity index is 536. The molecule has 1 heterocycles. The summed E-state index contributed by atoms with van der Waals surface area (Å²) in [6.07, 6.45) is 2.79. The average Bonchev–Trinajstić information content (AvgIpc) is 3.16.